The Morgan fingerprint density at radius 1 is 1.41 bits per heavy atom. The Kier molecular flexibility index (Phi) is 7.93. The van der Waals surface area contributed by atoms with E-state index in [0.29, 0.717) is 12.6 Å². The van der Waals surface area contributed by atoms with E-state index in [1.165, 1.54) is 7.11 Å². The predicted molar refractivity (Wildman–Crippen MR) is 66.3 cm³/mol. The van der Waals surface area contributed by atoms with Gasteiger partial charge in [0.2, 0.25) is 0 Å². The molecule has 1 atom stereocenters. The van der Waals surface area contributed by atoms with Crippen LogP contribution in [0.25, 0.3) is 0 Å². The van der Waals surface area contributed by atoms with E-state index in [2.05, 4.69) is 13.5 Å². The van der Waals surface area contributed by atoms with E-state index < -0.39 is 12.1 Å². The third-order valence-corrected chi connectivity index (χ3v) is 2.12. The molecular weight excluding hydrogens is 220 g/mol. The number of carbonyl (C=O) groups excluding carboxylic acids is 1. The minimum Gasteiger partial charge on any atom is -0.469 e. The Labute approximate surface area is 103 Å². The molecule has 0 spiro atoms. The summed E-state index contributed by atoms with van der Waals surface area (Å²) in [6, 6.07) is 0. The van der Waals surface area contributed by atoms with E-state index in [0.717, 1.165) is 12.8 Å². The minimum atomic E-state index is -0.461. The van der Waals surface area contributed by atoms with Crippen LogP contribution in [0.2, 0.25) is 0 Å². The van der Waals surface area contributed by atoms with Crippen LogP contribution in [0.1, 0.15) is 33.6 Å². The van der Waals surface area contributed by atoms with Gasteiger partial charge in [-0.15, -0.1) is 0 Å². The van der Waals surface area contributed by atoms with Crippen LogP contribution < -0.4 is 0 Å². The number of hydrogen-bond acceptors (Lipinski definition) is 4. The van der Waals surface area contributed by atoms with Crippen LogP contribution in [0.4, 0.5) is 0 Å². The van der Waals surface area contributed by atoms with Gasteiger partial charge in [0.05, 0.1) is 19.3 Å². The van der Waals surface area contributed by atoms with Crippen LogP contribution in [0, 0.1) is 0 Å². The summed E-state index contributed by atoms with van der Waals surface area (Å²) in [5.41, 5.74) is 0.284. The highest BCUT2D eigenvalue weighted by Gasteiger charge is 2.18. The molecule has 0 heterocycles. The van der Waals surface area contributed by atoms with Crippen molar-refractivity contribution >= 4 is 5.97 Å². The topological polar surface area (TPSA) is 44.8 Å². The molecule has 0 saturated carbocycles. The summed E-state index contributed by atoms with van der Waals surface area (Å²) < 4.78 is 15.4. The van der Waals surface area contributed by atoms with Crippen molar-refractivity contribution in [3.63, 3.8) is 0 Å². The second-order valence-electron chi connectivity index (χ2n) is 3.52. The van der Waals surface area contributed by atoms with Gasteiger partial charge in [0.25, 0.3) is 5.95 Å². The van der Waals surface area contributed by atoms with E-state index in [-0.39, 0.29) is 5.57 Å². The molecule has 98 valence electrons. The fourth-order valence-electron chi connectivity index (χ4n) is 1.08. The second-order valence-corrected chi connectivity index (χ2v) is 3.52. The maximum Gasteiger partial charge on any atom is 0.337 e. The van der Waals surface area contributed by atoms with Crippen molar-refractivity contribution in [1.82, 2.24) is 0 Å². The number of methoxy groups -OCH3 is 1. The van der Waals surface area contributed by atoms with Crippen molar-refractivity contribution in [2.45, 2.75) is 39.7 Å². The molecule has 0 radical (unpaired) electrons. The zero-order valence-corrected chi connectivity index (χ0v) is 11.1. The number of rotatable bonds is 8. The van der Waals surface area contributed by atoms with Crippen LogP contribution in [-0.2, 0) is 19.0 Å². The molecule has 17 heavy (non-hydrogen) atoms. The molecule has 4 heteroatoms. The lowest BCUT2D eigenvalue weighted by molar-refractivity contribution is -0.140. The molecule has 1 unspecified atom stereocenters. The Morgan fingerprint density at radius 2 is 2.06 bits per heavy atom. The predicted octanol–water partition coefficient (Wildman–Crippen LogP) is 2.80. The Balaban J connectivity index is 4.35. The maximum absolute atomic E-state index is 11.4. The molecule has 0 aromatic rings. The van der Waals surface area contributed by atoms with Crippen LogP contribution in [-0.4, -0.2) is 25.8 Å². The van der Waals surface area contributed by atoms with Crippen molar-refractivity contribution in [1.29, 1.82) is 0 Å². The number of unbranched alkanes of at least 4 members (excludes halogenated alkanes) is 1. The average Bonchev–Trinajstić information content (AvgIpc) is 2.33. The number of esters is 1. The fraction of sp³-hybridized carbons (Fsp3) is 0.615. The van der Waals surface area contributed by atoms with Crippen molar-refractivity contribution in [3.05, 3.63) is 24.2 Å². The molecule has 0 aliphatic carbocycles. The molecule has 0 aliphatic heterocycles. The quantitative estimate of drug-likeness (QED) is 0.373. The molecule has 0 aliphatic rings. The maximum atomic E-state index is 11.4. The highest BCUT2D eigenvalue weighted by molar-refractivity contribution is 5.88. The average molecular weight is 242 g/mol. The summed E-state index contributed by atoms with van der Waals surface area (Å²) in [4.78, 5) is 11.4. The van der Waals surface area contributed by atoms with Crippen molar-refractivity contribution < 1.29 is 19.0 Å². The molecule has 4 nitrogen and oxygen atoms in total. The smallest absolute Gasteiger partial charge is 0.337 e. The lowest BCUT2D eigenvalue weighted by Gasteiger charge is -2.17. The van der Waals surface area contributed by atoms with Crippen LogP contribution >= 0.6 is 0 Å². The molecule has 0 rings (SSSR count). The Hall–Kier alpha value is -1.45. The van der Waals surface area contributed by atoms with E-state index in [9.17, 15) is 4.79 Å². The van der Waals surface area contributed by atoms with Gasteiger partial charge in [-0.2, -0.15) is 0 Å². The van der Waals surface area contributed by atoms with Crippen LogP contribution in [0.5, 0.6) is 0 Å². The Morgan fingerprint density at radius 3 is 2.53 bits per heavy atom. The van der Waals surface area contributed by atoms with Gasteiger partial charge in [0, 0.05) is 0 Å². The summed E-state index contributed by atoms with van der Waals surface area (Å²) >= 11 is 0. The van der Waals surface area contributed by atoms with E-state index in [1.54, 1.807) is 13.8 Å². The third kappa shape index (κ3) is 6.00. The van der Waals surface area contributed by atoms with Crippen molar-refractivity contribution in [2.24, 2.45) is 0 Å². The second kappa shape index (κ2) is 8.67. The van der Waals surface area contributed by atoms with Crippen LogP contribution in [0.3, 0.4) is 0 Å². The lowest BCUT2D eigenvalue weighted by atomic mass is 10.2. The first-order chi connectivity index (χ1) is 8.06. The number of ether oxygens (including phenoxy) is 3. The first-order valence-corrected chi connectivity index (χ1v) is 5.83. The normalized spacial score (nSPS) is 12.8. The van der Waals surface area contributed by atoms with E-state index in [1.807, 2.05) is 6.08 Å². The monoisotopic (exact) mass is 242 g/mol. The SMILES string of the molecule is C=C(C(=O)OCC)C(C)O/C(=C/CCC)OC. The van der Waals surface area contributed by atoms with Crippen molar-refractivity contribution in [3.8, 4) is 0 Å². The van der Waals surface area contributed by atoms with Gasteiger partial charge in [-0.05, 0) is 26.3 Å². The van der Waals surface area contributed by atoms with Crippen molar-refractivity contribution in [2.75, 3.05) is 13.7 Å². The Bertz CT molecular complexity index is 281. The van der Waals surface area contributed by atoms with Gasteiger partial charge in [-0.1, -0.05) is 19.9 Å². The number of carbonyl (C=O) groups is 1. The minimum absolute atomic E-state index is 0.284. The highest BCUT2D eigenvalue weighted by Crippen LogP contribution is 2.12. The van der Waals surface area contributed by atoms with E-state index >= 15 is 0 Å². The third-order valence-electron chi connectivity index (χ3n) is 2.12. The summed E-state index contributed by atoms with van der Waals surface area (Å²) in [6.07, 6.45) is 3.25. The van der Waals surface area contributed by atoms with Gasteiger partial charge in [-0.3, -0.25) is 0 Å². The zero-order valence-electron chi connectivity index (χ0n) is 11.1. The van der Waals surface area contributed by atoms with E-state index in [4.69, 9.17) is 14.2 Å². The number of allylic oxidation sites excluding steroid dienone is 1. The molecular formula is C13H22O4. The molecule has 0 fully saturated rings. The zero-order chi connectivity index (χ0) is 13.3. The van der Waals surface area contributed by atoms with Gasteiger partial charge < -0.3 is 14.2 Å². The highest BCUT2D eigenvalue weighted by atomic mass is 16.7. The van der Waals surface area contributed by atoms with Gasteiger partial charge in [0.15, 0.2) is 0 Å². The molecule has 0 N–H and O–H groups in total. The molecule has 0 amide bonds. The van der Waals surface area contributed by atoms with Gasteiger partial charge in [-0.25, -0.2) is 4.79 Å². The summed E-state index contributed by atoms with van der Waals surface area (Å²) in [5, 5.41) is 0. The summed E-state index contributed by atoms with van der Waals surface area (Å²) in [5.74, 6) is -0.0317. The largest absolute Gasteiger partial charge is 0.469 e. The van der Waals surface area contributed by atoms with Crippen LogP contribution in [0.15, 0.2) is 24.2 Å². The summed E-state index contributed by atoms with van der Waals surface area (Å²) in [6.45, 7) is 9.53. The standard InChI is InChI=1S/C13H22O4/c1-6-8-9-12(15-5)17-11(4)10(3)13(14)16-7-2/h9,11H,3,6-8H2,1-2,4-5H3/b12-9+. The molecule has 0 bridgehead atoms. The van der Waals surface area contributed by atoms with Gasteiger partial charge in [0.1, 0.15) is 6.10 Å². The molecule has 0 aromatic carbocycles. The summed E-state index contributed by atoms with van der Waals surface area (Å²) in [7, 11) is 1.53. The molecule has 0 saturated heterocycles. The first-order valence-electron chi connectivity index (χ1n) is 5.83. The fourth-order valence-corrected chi connectivity index (χ4v) is 1.08. The first kappa shape index (κ1) is 15.6. The van der Waals surface area contributed by atoms with Gasteiger partial charge >= 0.3 is 5.97 Å². The lowest BCUT2D eigenvalue weighted by Crippen LogP contribution is -2.20. The number of hydrogen-bond donors (Lipinski definition) is 0. The molecule has 0 aromatic heterocycles.